The summed E-state index contributed by atoms with van der Waals surface area (Å²) in [7, 11) is 0. The molecule has 0 bridgehead atoms. The van der Waals surface area contributed by atoms with Crippen molar-refractivity contribution >= 4 is 0 Å². The van der Waals surface area contributed by atoms with Crippen LogP contribution in [0.3, 0.4) is 0 Å². The SMILES string of the molecule is CCNCC(CC)OC1CC(C)CC(C)(C)C1. The minimum absolute atomic E-state index is 0.390. The zero-order valence-electron chi connectivity index (χ0n) is 12.4. The normalized spacial score (nSPS) is 30.2. The molecule has 3 unspecified atom stereocenters. The Labute approximate surface area is 108 Å². The van der Waals surface area contributed by atoms with Gasteiger partial charge in [-0.1, -0.05) is 34.6 Å². The van der Waals surface area contributed by atoms with Crippen molar-refractivity contribution in [1.29, 1.82) is 0 Å². The van der Waals surface area contributed by atoms with E-state index in [4.69, 9.17) is 4.74 Å². The number of rotatable bonds is 6. The molecule has 1 fully saturated rings. The van der Waals surface area contributed by atoms with Crippen LogP contribution in [-0.2, 0) is 4.74 Å². The van der Waals surface area contributed by atoms with Crippen LogP contribution in [-0.4, -0.2) is 25.3 Å². The zero-order chi connectivity index (χ0) is 12.9. The van der Waals surface area contributed by atoms with Crippen molar-refractivity contribution in [3.8, 4) is 0 Å². The number of hydrogen-bond donors (Lipinski definition) is 1. The van der Waals surface area contributed by atoms with E-state index in [-0.39, 0.29) is 0 Å². The highest BCUT2D eigenvalue weighted by molar-refractivity contribution is 4.84. The molecule has 2 heteroatoms. The first-order valence-corrected chi connectivity index (χ1v) is 7.33. The lowest BCUT2D eigenvalue weighted by Gasteiger charge is -2.40. The van der Waals surface area contributed by atoms with Crippen molar-refractivity contribution in [2.24, 2.45) is 11.3 Å². The van der Waals surface area contributed by atoms with Crippen LogP contribution in [0.4, 0.5) is 0 Å². The minimum Gasteiger partial charge on any atom is -0.374 e. The molecule has 1 N–H and O–H groups in total. The van der Waals surface area contributed by atoms with Crippen LogP contribution in [0.5, 0.6) is 0 Å². The van der Waals surface area contributed by atoms with Crippen LogP contribution in [0.1, 0.15) is 60.3 Å². The van der Waals surface area contributed by atoms with Gasteiger partial charge in [-0.25, -0.2) is 0 Å². The third-order valence-electron chi connectivity index (χ3n) is 3.81. The van der Waals surface area contributed by atoms with Gasteiger partial charge in [0.25, 0.3) is 0 Å². The molecule has 0 aromatic rings. The van der Waals surface area contributed by atoms with E-state index < -0.39 is 0 Å². The Kier molecular flexibility index (Phi) is 5.94. The van der Waals surface area contributed by atoms with Gasteiger partial charge in [-0.3, -0.25) is 0 Å². The molecule has 3 atom stereocenters. The summed E-state index contributed by atoms with van der Waals surface area (Å²) in [5.41, 5.74) is 0.457. The standard InChI is InChI=1S/C15H31NO/c1-6-13(11-16-7-2)17-14-8-12(3)9-15(4,5)10-14/h12-14,16H,6-11H2,1-5H3. The van der Waals surface area contributed by atoms with E-state index in [0.29, 0.717) is 17.6 Å². The Morgan fingerprint density at radius 3 is 2.53 bits per heavy atom. The van der Waals surface area contributed by atoms with E-state index in [1.165, 1.54) is 19.3 Å². The van der Waals surface area contributed by atoms with Crippen molar-refractivity contribution in [2.75, 3.05) is 13.1 Å². The van der Waals surface area contributed by atoms with E-state index in [2.05, 4.69) is 39.9 Å². The Morgan fingerprint density at radius 2 is 2.00 bits per heavy atom. The Bertz CT molecular complexity index is 215. The summed E-state index contributed by atoms with van der Waals surface area (Å²) < 4.78 is 6.29. The molecule has 0 heterocycles. The van der Waals surface area contributed by atoms with E-state index in [1.54, 1.807) is 0 Å². The molecule has 0 aliphatic heterocycles. The van der Waals surface area contributed by atoms with Crippen LogP contribution in [0.25, 0.3) is 0 Å². The van der Waals surface area contributed by atoms with Gasteiger partial charge in [-0.15, -0.1) is 0 Å². The lowest BCUT2D eigenvalue weighted by Crippen LogP contribution is -2.38. The molecule has 0 aromatic carbocycles. The van der Waals surface area contributed by atoms with E-state index in [9.17, 15) is 0 Å². The zero-order valence-corrected chi connectivity index (χ0v) is 12.4. The van der Waals surface area contributed by atoms with Gasteiger partial charge in [0.05, 0.1) is 12.2 Å². The fourth-order valence-electron chi connectivity index (χ4n) is 3.23. The van der Waals surface area contributed by atoms with Crippen LogP contribution < -0.4 is 5.32 Å². The molecule has 1 aliphatic carbocycles. The highest BCUT2D eigenvalue weighted by Crippen LogP contribution is 2.40. The fourth-order valence-corrected chi connectivity index (χ4v) is 3.23. The van der Waals surface area contributed by atoms with Gasteiger partial charge in [-0.2, -0.15) is 0 Å². The second-order valence-corrected chi connectivity index (χ2v) is 6.51. The molecule has 0 saturated heterocycles. The van der Waals surface area contributed by atoms with Crippen LogP contribution in [0.2, 0.25) is 0 Å². The summed E-state index contributed by atoms with van der Waals surface area (Å²) in [6, 6.07) is 0. The maximum Gasteiger partial charge on any atom is 0.0700 e. The summed E-state index contributed by atoms with van der Waals surface area (Å²) in [5, 5.41) is 3.40. The molecule has 1 rings (SSSR count). The smallest absolute Gasteiger partial charge is 0.0700 e. The lowest BCUT2D eigenvalue weighted by molar-refractivity contribution is -0.0651. The molecule has 0 amide bonds. The molecule has 17 heavy (non-hydrogen) atoms. The topological polar surface area (TPSA) is 21.3 Å². The van der Waals surface area contributed by atoms with Crippen molar-refractivity contribution in [3.63, 3.8) is 0 Å². The summed E-state index contributed by atoms with van der Waals surface area (Å²) in [5.74, 6) is 0.806. The average molecular weight is 241 g/mol. The molecule has 0 radical (unpaired) electrons. The first-order valence-electron chi connectivity index (χ1n) is 7.33. The summed E-state index contributed by atoms with van der Waals surface area (Å²) in [4.78, 5) is 0. The predicted octanol–water partition coefficient (Wildman–Crippen LogP) is 3.61. The second-order valence-electron chi connectivity index (χ2n) is 6.51. The highest BCUT2D eigenvalue weighted by Gasteiger charge is 2.33. The van der Waals surface area contributed by atoms with Gasteiger partial charge < -0.3 is 10.1 Å². The third-order valence-corrected chi connectivity index (χ3v) is 3.81. The summed E-state index contributed by atoms with van der Waals surface area (Å²) in [6.07, 6.45) is 5.78. The van der Waals surface area contributed by atoms with Crippen molar-refractivity contribution in [2.45, 2.75) is 72.5 Å². The molecule has 1 saturated carbocycles. The largest absolute Gasteiger partial charge is 0.374 e. The van der Waals surface area contributed by atoms with Gasteiger partial charge in [-0.05, 0) is 43.6 Å². The average Bonchev–Trinajstić information content (AvgIpc) is 2.21. The molecule has 102 valence electrons. The predicted molar refractivity (Wildman–Crippen MR) is 74.3 cm³/mol. The molecular formula is C15H31NO. The molecule has 2 nitrogen and oxygen atoms in total. The molecule has 0 spiro atoms. The van der Waals surface area contributed by atoms with Gasteiger partial charge in [0.2, 0.25) is 0 Å². The quantitative estimate of drug-likeness (QED) is 0.767. The second kappa shape index (κ2) is 6.75. The number of likely N-dealkylation sites (N-methyl/N-ethyl adjacent to an activating group) is 1. The molecular weight excluding hydrogens is 210 g/mol. The number of nitrogens with one attached hydrogen (secondary N) is 1. The van der Waals surface area contributed by atoms with Gasteiger partial charge in [0, 0.05) is 6.54 Å². The summed E-state index contributed by atoms with van der Waals surface area (Å²) in [6.45, 7) is 13.5. The first-order chi connectivity index (χ1) is 7.96. The highest BCUT2D eigenvalue weighted by atomic mass is 16.5. The monoisotopic (exact) mass is 241 g/mol. The Hall–Kier alpha value is -0.0800. The summed E-state index contributed by atoms with van der Waals surface area (Å²) >= 11 is 0. The van der Waals surface area contributed by atoms with Crippen molar-refractivity contribution in [3.05, 3.63) is 0 Å². The molecule has 1 aliphatic rings. The number of ether oxygens (including phenoxy) is 1. The fraction of sp³-hybridized carbons (Fsp3) is 1.00. The van der Waals surface area contributed by atoms with Gasteiger partial charge in [0.15, 0.2) is 0 Å². The first kappa shape index (κ1) is 15.0. The third kappa shape index (κ3) is 5.39. The maximum atomic E-state index is 6.29. The van der Waals surface area contributed by atoms with Crippen LogP contribution in [0, 0.1) is 11.3 Å². The lowest BCUT2D eigenvalue weighted by atomic mass is 9.71. The van der Waals surface area contributed by atoms with E-state index in [1.807, 2.05) is 0 Å². The van der Waals surface area contributed by atoms with Crippen LogP contribution >= 0.6 is 0 Å². The van der Waals surface area contributed by atoms with Crippen molar-refractivity contribution < 1.29 is 4.74 Å². The van der Waals surface area contributed by atoms with Gasteiger partial charge >= 0.3 is 0 Å². The maximum absolute atomic E-state index is 6.29. The Balaban J connectivity index is 2.43. The van der Waals surface area contributed by atoms with Gasteiger partial charge in [0.1, 0.15) is 0 Å². The Morgan fingerprint density at radius 1 is 1.29 bits per heavy atom. The van der Waals surface area contributed by atoms with Crippen LogP contribution in [0.15, 0.2) is 0 Å². The van der Waals surface area contributed by atoms with E-state index in [0.717, 1.165) is 25.4 Å². The minimum atomic E-state index is 0.390. The number of hydrogen-bond acceptors (Lipinski definition) is 2. The molecule has 0 aromatic heterocycles. The van der Waals surface area contributed by atoms with Crippen molar-refractivity contribution in [1.82, 2.24) is 5.32 Å². The van der Waals surface area contributed by atoms with E-state index >= 15 is 0 Å².